The molecule has 0 saturated heterocycles. The molecule has 2 N–H and O–H groups in total. The van der Waals surface area contributed by atoms with Crippen molar-refractivity contribution in [3.63, 3.8) is 0 Å². The van der Waals surface area contributed by atoms with Crippen LogP contribution in [0.3, 0.4) is 0 Å². The molecule has 0 aliphatic heterocycles. The number of aromatic nitrogens is 2. The molecule has 0 unspecified atom stereocenters. The van der Waals surface area contributed by atoms with Crippen LogP contribution in [0.4, 0.5) is 11.5 Å². The molecule has 0 aliphatic carbocycles. The summed E-state index contributed by atoms with van der Waals surface area (Å²) in [4.78, 5) is 18.2. The predicted octanol–water partition coefficient (Wildman–Crippen LogP) is 3.13. The van der Waals surface area contributed by atoms with Crippen LogP contribution < -0.4 is 10.5 Å². The van der Waals surface area contributed by atoms with E-state index >= 15 is 0 Å². The van der Waals surface area contributed by atoms with Gasteiger partial charge in [0.05, 0.1) is 4.92 Å². The number of hydrogen-bond donors (Lipinski definition) is 1. The maximum atomic E-state index is 10.7. The molecule has 0 aliphatic rings. The van der Waals surface area contributed by atoms with Gasteiger partial charge >= 0.3 is 0 Å². The molecule has 0 radical (unpaired) electrons. The molecule has 20 heavy (non-hydrogen) atoms. The fourth-order valence-corrected chi connectivity index (χ4v) is 2.00. The number of nitrogens with zero attached hydrogens (tertiary/aromatic N) is 3. The van der Waals surface area contributed by atoms with Crippen molar-refractivity contribution in [3.05, 3.63) is 39.4 Å². The molecule has 1 aromatic carbocycles. The Kier molecular flexibility index (Phi) is 4.26. The summed E-state index contributed by atoms with van der Waals surface area (Å²) in [6, 6.07) is 5.49. The van der Waals surface area contributed by atoms with Gasteiger partial charge in [-0.25, -0.2) is 4.98 Å². The van der Waals surface area contributed by atoms with E-state index in [1.807, 2.05) is 0 Å². The molecule has 2 rings (SSSR count). The van der Waals surface area contributed by atoms with Crippen LogP contribution in [0.5, 0.6) is 11.6 Å². The fraction of sp³-hybridized carbons (Fsp3) is 0.0909. The third-order valence-corrected chi connectivity index (χ3v) is 3.07. The summed E-state index contributed by atoms with van der Waals surface area (Å²) in [7, 11) is 0. The van der Waals surface area contributed by atoms with Crippen LogP contribution in [0, 0.1) is 10.1 Å². The Labute approximate surface area is 123 Å². The number of anilines is 1. The Morgan fingerprint density at radius 3 is 2.75 bits per heavy atom. The number of nitrogen functional groups attached to an aromatic ring is 1. The van der Waals surface area contributed by atoms with Crippen molar-refractivity contribution in [2.45, 2.75) is 5.16 Å². The Hall–Kier alpha value is -2.06. The highest BCUT2D eigenvalue weighted by atomic mass is 35.5. The molecule has 0 bridgehead atoms. The molecule has 1 heterocycles. The van der Waals surface area contributed by atoms with Crippen molar-refractivity contribution >= 4 is 34.9 Å². The minimum atomic E-state index is -0.569. The van der Waals surface area contributed by atoms with Crippen molar-refractivity contribution in [3.8, 4) is 11.6 Å². The van der Waals surface area contributed by atoms with Crippen molar-refractivity contribution in [2.75, 3.05) is 12.0 Å². The lowest BCUT2D eigenvalue weighted by Crippen LogP contribution is -1.97. The first kappa shape index (κ1) is 14.4. The standard InChI is InChI=1S/C11H9ClN4O3S/c1-20-11-14-9(13)5-10(15-11)19-6-2-3-8(16(17)18)7(12)4-6/h2-5H,1H3,(H2,13,14,15). The predicted molar refractivity (Wildman–Crippen MR) is 76.4 cm³/mol. The van der Waals surface area contributed by atoms with Gasteiger partial charge in [-0.15, -0.1) is 0 Å². The minimum Gasteiger partial charge on any atom is -0.439 e. The molecule has 9 heteroatoms. The van der Waals surface area contributed by atoms with E-state index in [9.17, 15) is 10.1 Å². The Morgan fingerprint density at radius 2 is 2.15 bits per heavy atom. The minimum absolute atomic E-state index is 0.0142. The fourth-order valence-electron chi connectivity index (χ4n) is 1.38. The summed E-state index contributed by atoms with van der Waals surface area (Å²) < 4.78 is 5.47. The van der Waals surface area contributed by atoms with Crippen molar-refractivity contribution in [1.29, 1.82) is 0 Å². The van der Waals surface area contributed by atoms with Crippen molar-refractivity contribution in [2.24, 2.45) is 0 Å². The monoisotopic (exact) mass is 312 g/mol. The van der Waals surface area contributed by atoms with Crippen molar-refractivity contribution in [1.82, 2.24) is 9.97 Å². The number of hydrogen-bond acceptors (Lipinski definition) is 7. The molecular formula is C11H9ClN4O3S. The molecule has 0 fully saturated rings. The summed E-state index contributed by atoms with van der Waals surface area (Å²) in [5, 5.41) is 11.1. The summed E-state index contributed by atoms with van der Waals surface area (Å²) >= 11 is 7.12. The Bertz CT molecular complexity index is 668. The largest absolute Gasteiger partial charge is 0.439 e. The van der Waals surface area contributed by atoms with Crippen LogP contribution >= 0.6 is 23.4 Å². The molecule has 0 saturated carbocycles. The molecule has 7 nitrogen and oxygen atoms in total. The number of benzene rings is 1. The topological polar surface area (TPSA) is 104 Å². The van der Waals surface area contributed by atoms with Gasteiger partial charge in [-0.2, -0.15) is 4.98 Å². The van der Waals surface area contributed by atoms with Crippen LogP contribution in [0.15, 0.2) is 29.4 Å². The van der Waals surface area contributed by atoms with Crippen LogP contribution in [-0.4, -0.2) is 21.1 Å². The van der Waals surface area contributed by atoms with E-state index in [1.54, 1.807) is 6.26 Å². The zero-order valence-electron chi connectivity index (χ0n) is 10.2. The van der Waals surface area contributed by atoms with Gasteiger partial charge in [-0.05, 0) is 12.3 Å². The van der Waals surface area contributed by atoms with E-state index in [4.69, 9.17) is 22.1 Å². The average Bonchev–Trinajstić information content (AvgIpc) is 2.37. The van der Waals surface area contributed by atoms with E-state index in [-0.39, 0.29) is 22.4 Å². The van der Waals surface area contributed by atoms with Gasteiger partial charge in [-0.3, -0.25) is 10.1 Å². The summed E-state index contributed by atoms with van der Waals surface area (Å²) in [5.74, 6) is 0.838. The summed E-state index contributed by atoms with van der Waals surface area (Å²) in [6.07, 6.45) is 1.81. The van der Waals surface area contributed by atoms with E-state index in [1.165, 1.54) is 36.0 Å². The van der Waals surface area contributed by atoms with Gasteiger partial charge in [0.15, 0.2) is 5.16 Å². The Balaban J connectivity index is 2.28. The Morgan fingerprint density at radius 1 is 1.40 bits per heavy atom. The lowest BCUT2D eigenvalue weighted by atomic mass is 10.3. The quantitative estimate of drug-likeness (QED) is 0.400. The zero-order valence-corrected chi connectivity index (χ0v) is 11.8. The van der Waals surface area contributed by atoms with E-state index < -0.39 is 4.92 Å². The third kappa shape index (κ3) is 3.28. The highest BCUT2D eigenvalue weighted by Gasteiger charge is 2.13. The summed E-state index contributed by atoms with van der Waals surface area (Å²) in [5.41, 5.74) is 5.43. The maximum Gasteiger partial charge on any atom is 0.288 e. The molecule has 1 aromatic heterocycles. The van der Waals surface area contributed by atoms with Crippen LogP contribution in [0.2, 0.25) is 5.02 Å². The number of halogens is 1. The van der Waals surface area contributed by atoms with Gasteiger partial charge in [0.25, 0.3) is 5.69 Å². The van der Waals surface area contributed by atoms with Crippen LogP contribution in [0.1, 0.15) is 0 Å². The number of nitrogens with two attached hydrogens (primary N) is 1. The number of rotatable bonds is 4. The molecular weight excluding hydrogens is 304 g/mol. The number of nitro groups is 1. The SMILES string of the molecule is CSc1nc(N)cc(Oc2ccc([N+](=O)[O-])c(Cl)c2)n1. The first-order chi connectivity index (χ1) is 9.49. The highest BCUT2D eigenvalue weighted by Crippen LogP contribution is 2.31. The van der Waals surface area contributed by atoms with Gasteiger partial charge < -0.3 is 10.5 Å². The zero-order chi connectivity index (χ0) is 14.7. The molecule has 0 amide bonds. The molecule has 2 aromatic rings. The summed E-state index contributed by atoms with van der Waals surface area (Å²) in [6.45, 7) is 0. The molecule has 0 spiro atoms. The maximum absolute atomic E-state index is 10.7. The van der Waals surface area contributed by atoms with E-state index in [0.717, 1.165) is 0 Å². The number of nitro benzene ring substituents is 1. The highest BCUT2D eigenvalue weighted by molar-refractivity contribution is 7.98. The second kappa shape index (κ2) is 5.93. The second-order valence-corrected chi connectivity index (χ2v) is 4.77. The molecule has 104 valence electrons. The smallest absolute Gasteiger partial charge is 0.288 e. The normalized spacial score (nSPS) is 10.3. The van der Waals surface area contributed by atoms with Crippen LogP contribution in [0.25, 0.3) is 0 Å². The van der Waals surface area contributed by atoms with Gasteiger partial charge in [0.2, 0.25) is 5.88 Å². The lowest BCUT2D eigenvalue weighted by Gasteiger charge is -2.07. The van der Waals surface area contributed by atoms with E-state index in [2.05, 4.69) is 9.97 Å². The number of thioether (sulfide) groups is 1. The molecule has 0 atom stereocenters. The number of ether oxygens (including phenoxy) is 1. The van der Waals surface area contributed by atoms with Gasteiger partial charge in [0, 0.05) is 18.2 Å². The lowest BCUT2D eigenvalue weighted by molar-refractivity contribution is -0.384. The first-order valence-electron chi connectivity index (χ1n) is 5.30. The van der Waals surface area contributed by atoms with Crippen molar-refractivity contribution < 1.29 is 9.66 Å². The second-order valence-electron chi connectivity index (χ2n) is 3.59. The van der Waals surface area contributed by atoms with E-state index in [0.29, 0.717) is 10.9 Å². The van der Waals surface area contributed by atoms with Crippen LogP contribution in [-0.2, 0) is 0 Å². The third-order valence-electron chi connectivity index (χ3n) is 2.22. The first-order valence-corrected chi connectivity index (χ1v) is 6.90. The average molecular weight is 313 g/mol. The van der Waals surface area contributed by atoms with Gasteiger partial charge in [0.1, 0.15) is 16.6 Å². The van der Waals surface area contributed by atoms with Gasteiger partial charge in [-0.1, -0.05) is 23.4 Å².